The van der Waals surface area contributed by atoms with E-state index in [0.717, 1.165) is 22.8 Å². The van der Waals surface area contributed by atoms with Crippen LogP contribution >= 0.6 is 11.6 Å². The molecule has 1 rings (SSSR count). The fourth-order valence-electron chi connectivity index (χ4n) is 1.43. The molecule has 1 heterocycles. The minimum absolute atomic E-state index is 0.458. The summed E-state index contributed by atoms with van der Waals surface area (Å²) < 4.78 is 0. The molecule has 0 aromatic carbocycles. The molecule has 0 aliphatic heterocycles. The van der Waals surface area contributed by atoms with E-state index in [9.17, 15) is 0 Å². The van der Waals surface area contributed by atoms with E-state index in [-0.39, 0.29) is 0 Å². The van der Waals surface area contributed by atoms with Crippen molar-refractivity contribution >= 4 is 17.3 Å². The van der Waals surface area contributed by atoms with Crippen LogP contribution < -0.4 is 5.32 Å². The Labute approximate surface area is 90.7 Å². The molecule has 1 aromatic rings. The molecular weight excluding hydrogens is 196 g/mol. The largest absolute Gasteiger partial charge is 0.381 e. The van der Waals surface area contributed by atoms with E-state index in [1.54, 1.807) is 6.20 Å². The van der Waals surface area contributed by atoms with Gasteiger partial charge in [-0.15, -0.1) is 0 Å². The van der Waals surface area contributed by atoms with Gasteiger partial charge in [-0.1, -0.05) is 24.9 Å². The number of aryl methyl sites for hydroxylation is 1. The SMILES string of the molecule is CCCC(C)Nc1ccnc(C)c1Cl. The van der Waals surface area contributed by atoms with Crippen LogP contribution in [0, 0.1) is 6.92 Å². The standard InChI is InChI=1S/C11H17ClN2/c1-4-5-8(2)14-10-6-7-13-9(3)11(10)12/h6-8H,4-5H2,1-3H3,(H,13,14). The summed E-state index contributed by atoms with van der Waals surface area (Å²) in [6.07, 6.45) is 4.11. The fraction of sp³-hybridized carbons (Fsp3) is 0.545. The first-order chi connectivity index (χ1) is 6.65. The molecule has 14 heavy (non-hydrogen) atoms. The molecule has 0 bridgehead atoms. The van der Waals surface area contributed by atoms with E-state index in [1.165, 1.54) is 6.42 Å². The van der Waals surface area contributed by atoms with E-state index >= 15 is 0 Å². The second kappa shape index (κ2) is 5.20. The molecule has 0 fully saturated rings. The lowest BCUT2D eigenvalue weighted by molar-refractivity contribution is 0.690. The quantitative estimate of drug-likeness (QED) is 0.824. The number of hydrogen-bond acceptors (Lipinski definition) is 2. The van der Waals surface area contributed by atoms with Crippen molar-refractivity contribution in [2.75, 3.05) is 5.32 Å². The number of hydrogen-bond donors (Lipinski definition) is 1. The van der Waals surface area contributed by atoms with Gasteiger partial charge in [-0.05, 0) is 26.3 Å². The predicted molar refractivity (Wildman–Crippen MR) is 62.0 cm³/mol. The van der Waals surface area contributed by atoms with Gasteiger partial charge in [0, 0.05) is 12.2 Å². The van der Waals surface area contributed by atoms with Crippen molar-refractivity contribution in [1.29, 1.82) is 0 Å². The molecule has 0 radical (unpaired) electrons. The van der Waals surface area contributed by atoms with Crippen molar-refractivity contribution in [3.8, 4) is 0 Å². The Balaban J connectivity index is 2.71. The molecule has 2 nitrogen and oxygen atoms in total. The van der Waals surface area contributed by atoms with Crippen LogP contribution in [-0.4, -0.2) is 11.0 Å². The molecule has 1 atom stereocenters. The van der Waals surface area contributed by atoms with Crippen molar-refractivity contribution in [2.45, 2.75) is 39.7 Å². The highest BCUT2D eigenvalue weighted by atomic mass is 35.5. The third-order valence-electron chi connectivity index (χ3n) is 2.19. The Kier molecular flexibility index (Phi) is 4.21. The van der Waals surface area contributed by atoms with Crippen LogP contribution in [-0.2, 0) is 0 Å². The highest BCUT2D eigenvalue weighted by Gasteiger charge is 2.06. The maximum absolute atomic E-state index is 6.11. The van der Waals surface area contributed by atoms with Gasteiger partial charge in [0.25, 0.3) is 0 Å². The minimum atomic E-state index is 0.458. The molecule has 78 valence electrons. The van der Waals surface area contributed by atoms with Crippen molar-refractivity contribution in [2.24, 2.45) is 0 Å². The van der Waals surface area contributed by atoms with Crippen LogP contribution in [0.5, 0.6) is 0 Å². The molecule has 3 heteroatoms. The molecule has 0 aliphatic carbocycles. The van der Waals surface area contributed by atoms with Gasteiger partial charge >= 0.3 is 0 Å². The zero-order valence-electron chi connectivity index (χ0n) is 8.97. The number of nitrogens with one attached hydrogen (secondary N) is 1. The van der Waals surface area contributed by atoms with Gasteiger partial charge in [-0.2, -0.15) is 0 Å². The van der Waals surface area contributed by atoms with E-state index in [1.807, 2.05) is 13.0 Å². The van der Waals surface area contributed by atoms with Gasteiger partial charge < -0.3 is 5.32 Å². The zero-order valence-corrected chi connectivity index (χ0v) is 9.73. The minimum Gasteiger partial charge on any atom is -0.381 e. The Bertz CT molecular complexity index is 299. The third kappa shape index (κ3) is 2.88. The first-order valence-electron chi connectivity index (χ1n) is 5.02. The van der Waals surface area contributed by atoms with Gasteiger partial charge in [0.2, 0.25) is 0 Å². The van der Waals surface area contributed by atoms with Crippen molar-refractivity contribution < 1.29 is 0 Å². The van der Waals surface area contributed by atoms with Crippen LogP contribution in [0.25, 0.3) is 0 Å². The van der Waals surface area contributed by atoms with E-state index < -0.39 is 0 Å². The monoisotopic (exact) mass is 212 g/mol. The summed E-state index contributed by atoms with van der Waals surface area (Å²) in [5, 5.41) is 4.11. The summed E-state index contributed by atoms with van der Waals surface area (Å²) in [6.45, 7) is 6.26. The summed E-state index contributed by atoms with van der Waals surface area (Å²) in [5.41, 5.74) is 1.86. The maximum Gasteiger partial charge on any atom is 0.0849 e. The molecular formula is C11H17ClN2. The molecule has 1 aromatic heterocycles. The summed E-state index contributed by atoms with van der Waals surface area (Å²) >= 11 is 6.11. The van der Waals surface area contributed by atoms with Crippen molar-refractivity contribution in [3.05, 3.63) is 23.0 Å². The summed E-state index contributed by atoms with van der Waals surface area (Å²) in [7, 11) is 0. The van der Waals surface area contributed by atoms with Gasteiger partial charge in [-0.25, -0.2) is 0 Å². The van der Waals surface area contributed by atoms with E-state index in [0.29, 0.717) is 6.04 Å². The Hall–Kier alpha value is -0.760. The highest BCUT2D eigenvalue weighted by Crippen LogP contribution is 2.24. The number of nitrogens with zero attached hydrogens (tertiary/aromatic N) is 1. The lowest BCUT2D eigenvalue weighted by Gasteiger charge is -2.15. The lowest BCUT2D eigenvalue weighted by Crippen LogP contribution is -2.15. The average Bonchev–Trinajstić information content (AvgIpc) is 2.13. The van der Waals surface area contributed by atoms with Gasteiger partial charge in [0.1, 0.15) is 0 Å². The Morgan fingerprint density at radius 1 is 1.57 bits per heavy atom. The third-order valence-corrected chi connectivity index (χ3v) is 2.66. The van der Waals surface area contributed by atoms with Crippen LogP contribution in [0.3, 0.4) is 0 Å². The predicted octanol–water partition coefficient (Wildman–Crippen LogP) is 3.64. The second-order valence-electron chi connectivity index (χ2n) is 3.59. The van der Waals surface area contributed by atoms with Crippen LogP contribution in [0.4, 0.5) is 5.69 Å². The normalized spacial score (nSPS) is 12.6. The van der Waals surface area contributed by atoms with Crippen molar-refractivity contribution in [1.82, 2.24) is 4.98 Å². The first kappa shape index (κ1) is 11.3. The number of halogens is 1. The summed E-state index contributed by atoms with van der Waals surface area (Å²) in [6, 6.07) is 2.38. The molecule has 1 unspecified atom stereocenters. The first-order valence-corrected chi connectivity index (χ1v) is 5.40. The summed E-state index contributed by atoms with van der Waals surface area (Å²) in [5.74, 6) is 0. The zero-order chi connectivity index (χ0) is 10.6. The van der Waals surface area contributed by atoms with Gasteiger partial charge in [0.15, 0.2) is 0 Å². The van der Waals surface area contributed by atoms with Crippen LogP contribution in [0.2, 0.25) is 5.02 Å². The smallest absolute Gasteiger partial charge is 0.0849 e. The Morgan fingerprint density at radius 3 is 2.93 bits per heavy atom. The molecule has 1 N–H and O–H groups in total. The molecule has 0 aliphatic rings. The summed E-state index contributed by atoms with van der Waals surface area (Å²) in [4.78, 5) is 4.12. The molecule has 0 saturated heterocycles. The van der Waals surface area contributed by atoms with Gasteiger partial charge in [0.05, 0.1) is 16.4 Å². The molecule has 0 saturated carbocycles. The van der Waals surface area contributed by atoms with E-state index in [4.69, 9.17) is 11.6 Å². The molecule has 0 amide bonds. The van der Waals surface area contributed by atoms with Crippen molar-refractivity contribution in [3.63, 3.8) is 0 Å². The number of aromatic nitrogens is 1. The maximum atomic E-state index is 6.11. The molecule has 0 spiro atoms. The van der Waals surface area contributed by atoms with Gasteiger partial charge in [-0.3, -0.25) is 4.98 Å². The second-order valence-corrected chi connectivity index (χ2v) is 3.97. The highest BCUT2D eigenvalue weighted by molar-refractivity contribution is 6.33. The van der Waals surface area contributed by atoms with Crippen LogP contribution in [0.15, 0.2) is 12.3 Å². The number of rotatable bonds is 4. The lowest BCUT2D eigenvalue weighted by atomic mass is 10.2. The number of anilines is 1. The fourth-order valence-corrected chi connectivity index (χ4v) is 1.60. The van der Waals surface area contributed by atoms with Crippen LogP contribution in [0.1, 0.15) is 32.4 Å². The van der Waals surface area contributed by atoms with E-state index in [2.05, 4.69) is 24.1 Å². The number of pyridine rings is 1. The Morgan fingerprint density at radius 2 is 2.29 bits per heavy atom. The average molecular weight is 213 g/mol. The topological polar surface area (TPSA) is 24.9 Å².